The van der Waals surface area contributed by atoms with E-state index in [0.29, 0.717) is 36.6 Å². The van der Waals surface area contributed by atoms with Gasteiger partial charge in [-0.15, -0.1) is 0 Å². The lowest BCUT2D eigenvalue weighted by molar-refractivity contribution is 0.199. The molecule has 0 amide bonds. The number of nitrogen functional groups attached to an aromatic ring is 2. The van der Waals surface area contributed by atoms with Crippen LogP contribution in [0.25, 0.3) is 0 Å². The summed E-state index contributed by atoms with van der Waals surface area (Å²) in [6.45, 7) is 3.08. The summed E-state index contributed by atoms with van der Waals surface area (Å²) in [5.74, 6) is 0. The zero-order valence-corrected chi connectivity index (χ0v) is 15.0. The number of aliphatic hydroxyl groups excluding tert-OH is 3. The molecular formula is C19H28N4O3. The molecule has 0 radical (unpaired) electrons. The number of aliphatic hydroxyl groups is 3. The minimum Gasteiger partial charge on any atom is -0.398 e. The Labute approximate surface area is 153 Å². The van der Waals surface area contributed by atoms with Crippen LogP contribution < -0.4 is 21.7 Å². The van der Waals surface area contributed by atoms with E-state index in [0.717, 1.165) is 16.9 Å². The largest absolute Gasteiger partial charge is 0.398 e. The van der Waals surface area contributed by atoms with Gasteiger partial charge in [-0.1, -0.05) is 0 Å². The number of hydrogen-bond donors (Lipinski definition) is 6. The molecule has 2 aromatic carbocycles. The molecule has 0 aliphatic carbocycles. The van der Waals surface area contributed by atoms with Crippen molar-refractivity contribution in [2.75, 3.05) is 48.0 Å². The molecule has 0 saturated carbocycles. The lowest BCUT2D eigenvalue weighted by atomic mass is 9.99. The van der Waals surface area contributed by atoms with Gasteiger partial charge < -0.3 is 37.0 Å². The van der Waals surface area contributed by atoms with Crippen LogP contribution in [0.5, 0.6) is 0 Å². The summed E-state index contributed by atoms with van der Waals surface area (Å²) in [4.78, 5) is 1.91. The SMILES string of the molecule is CC(O)c1c(N)ccc(N)c1CNc1ccc(N(CCO)CCO)cc1. The molecule has 26 heavy (non-hydrogen) atoms. The second-order valence-electron chi connectivity index (χ2n) is 6.15. The molecule has 7 nitrogen and oxygen atoms in total. The Morgan fingerprint density at radius 1 is 0.962 bits per heavy atom. The fraction of sp³-hybridized carbons (Fsp3) is 0.368. The number of nitrogens with two attached hydrogens (primary N) is 2. The number of rotatable bonds is 9. The van der Waals surface area contributed by atoms with Gasteiger partial charge in [-0.2, -0.15) is 0 Å². The Hall–Kier alpha value is -2.48. The number of anilines is 4. The van der Waals surface area contributed by atoms with Crippen molar-refractivity contribution in [2.24, 2.45) is 0 Å². The normalized spacial score (nSPS) is 12.0. The topological polar surface area (TPSA) is 128 Å². The molecule has 0 fully saturated rings. The smallest absolute Gasteiger partial charge is 0.0786 e. The van der Waals surface area contributed by atoms with E-state index in [1.807, 2.05) is 29.2 Å². The van der Waals surface area contributed by atoms with Crippen LogP contribution in [-0.2, 0) is 6.54 Å². The van der Waals surface area contributed by atoms with E-state index in [4.69, 9.17) is 21.7 Å². The first-order chi connectivity index (χ1) is 12.5. The predicted molar refractivity (Wildman–Crippen MR) is 106 cm³/mol. The van der Waals surface area contributed by atoms with Gasteiger partial charge in [0.1, 0.15) is 0 Å². The van der Waals surface area contributed by atoms with Crippen LogP contribution in [0, 0.1) is 0 Å². The van der Waals surface area contributed by atoms with Gasteiger partial charge in [0.2, 0.25) is 0 Å². The highest BCUT2D eigenvalue weighted by atomic mass is 16.3. The number of hydrogen-bond acceptors (Lipinski definition) is 7. The second-order valence-corrected chi connectivity index (χ2v) is 6.15. The third kappa shape index (κ3) is 4.78. The van der Waals surface area contributed by atoms with Crippen LogP contribution >= 0.6 is 0 Å². The Balaban J connectivity index is 2.12. The maximum absolute atomic E-state index is 10.00. The van der Waals surface area contributed by atoms with E-state index >= 15 is 0 Å². The van der Waals surface area contributed by atoms with Gasteiger partial charge >= 0.3 is 0 Å². The third-order valence-corrected chi connectivity index (χ3v) is 4.29. The number of nitrogens with one attached hydrogen (secondary N) is 1. The molecule has 7 heteroatoms. The molecule has 0 saturated heterocycles. The van der Waals surface area contributed by atoms with E-state index < -0.39 is 6.10 Å². The molecule has 142 valence electrons. The van der Waals surface area contributed by atoms with Gasteiger partial charge in [-0.3, -0.25) is 0 Å². The zero-order chi connectivity index (χ0) is 19.1. The van der Waals surface area contributed by atoms with Gasteiger partial charge in [0.05, 0.1) is 19.3 Å². The number of nitrogens with zero attached hydrogens (tertiary/aromatic N) is 1. The molecule has 0 aliphatic rings. The van der Waals surface area contributed by atoms with Crippen molar-refractivity contribution >= 4 is 22.7 Å². The monoisotopic (exact) mass is 360 g/mol. The van der Waals surface area contributed by atoms with Crippen LogP contribution in [0.15, 0.2) is 36.4 Å². The zero-order valence-electron chi connectivity index (χ0n) is 15.0. The minimum atomic E-state index is -0.705. The Bertz CT molecular complexity index is 699. The highest BCUT2D eigenvalue weighted by Crippen LogP contribution is 2.30. The first-order valence-electron chi connectivity index (χ1n) is 8.63. The quantitative estimate of drug-likeness (QED) is 0.372. The maximum Gasteiger partial charge on any atom is 0.0786 e. The summed E-state index contributed by atoms with van der Waals surface area (Å²) in [6, 6.07) is 11.1. The van der Waals surface area contributed by atoms with E-state index in [1.165, 1.54) is 0 Å². The van der Waals surface area contributed by atoms with Gasteiger partial charge in [0.15, 0.2) is 0 Å². The molecule has 2 rings (SSSR count). The molecule has 0 bridgehead atoms. The molecule has 1 atom stereocenters. The second kappa shape index (κ2) is 9.28. The van der Waals surface area contributed by atoms with Crippen LogP contribution in [0.1, 0.15) is 24.2 Å². The molecule has 8 N–H and O–H groups in total. The third-order valence-electron chi connectivity index (χ3n) is 4.29. The molecule has 0 aromatic heterocycles. The summed E-state index contributed by atoms with van der Waals surface area (Å²) >= 11 is 0. The van der Waals surface area contributed by atoms with Crippen molar-refractivity contribution < 1.29 is 15.3 Å². The van der Waals surface area contributed by atoms with Gasteiger partial charge in [-0.05, 0) is 43.3 Å². The summed E-state index contributed by atoms with van der Waals surface area (Å²) in [7, 11) is 0. The van der Waals surface area contributed by atoms with Crippen molar-refractivity contribution in [3.05, 3.63) is 47.5 Å². The van der Waals surface area contributed by atoms with Crippen molar-refractivity contribution in [2.45, 2.75) is 19.6 Å². The van der Waals surface area contributed by atoms with E-state index in [9.17, 15) is 5.11 Å². The summed E-state index contributed by atoms with van der Waals surface area (Å²) in [5, 5.41) is 31.5. The Morgan fingerprint density at radius 2 is 1.54 bits per heavy atom. The highest BCUT2D eigenvalue weighted by Gasteiger charge is 2.14. The Kier molecular flexibility index (Phi) is 7.08. The summed E-state index contributed by atoms with van der Waals surface area (Å²) in [6.07, 6.45) is -0.705. The van der Waals surface area contributed by atoms with E-state index in [2.05, 4.69) is 5.32 Å². The van der Waals surface area contributed by atoms with Crippen LogP contribution in [0.2, 0.25) is 0 Å². The molecular weight excluding hydrogens is 332 g/mol. The fourth-order valence-electron chi connectivity index (χ4n) is 2.98. The first-order valence-corrected chi connectivity index (χ1v) is 8.63. The lowest BCUT2D eigenvalue weighted by Crippen LogP contribution is -2.29. The van der Waals surface area contributed by atoms with E-state index in [1.54, 1.807) is 19.1 Å². The van der Waals surface area contributed by atoms with Gasteiger partial charge in [-0.25, -0.2) is 0 Å². The summed E-state index contributed by atoms with van der Waals surface area (Å²) in [5.41, 5.74) is 16.4. The molecule has 2 aromatic rings. The van der Waals surface area contributed by atoms with Crippen LogP contribution in [0.3, 0.4) is 0 Å². The lowest BCUT2D eigenvalue weighted by Gasteiger charge is -2.23. The summed E-state index contributed by atoms with van der Waals surface area (Å²) < 4.78 is 0. The van der Waals surface area contributed by atoms with Crippen molar-refractivity contribution in [3.63, 3.8) is 0 Å². The average Bonchev–Trinajstić information content (AvgIpc) is 2.62. The van der Waals surface area contributed by atoms with Gasteiger partial charge in [0.25, 0.3) is 0 Å². The Morgan fingerprint density at radius 3 is 2.08 bits per heavy atom. The molecule has 0 aliphatic heterocycles. The molecule has 0 spiro atoms. The van der Waals surface area contributed by atoms with Gasteiger partial charge in [0, 0.05) is 53.5 Å². The van der Waals surface area contributed by atoms with Crippen molar-refractivity contribution in [1.29, 1.82) is 0 Å². The van der Waals surface area contributed by atoms with Crippen molar-refractivity contribution in [3.8, 4) is 0 Å². The van der Waals surface area contributed by atoms with Crippen molar-refractivity contribution in [1.82, 2.24) is 0 Å². The van der Waals surface area contributed by atoms with Crippen LogP contribution in [0.4, 0.5) is 22.7 Å². The minimum absolute atomic E-state index is 0.0246. The average molecular weight is 360 g/mol. The van der Waals surface area contributed by atoms with E-state index in [-0.39, 0.29) is 13.2 Å². The highest BCUT2D eigenvalue weighted by molar-refractivity contribution is 5.64. The molecule has 0 heterocycles. The molecule has 1 unspecified atom stereocenters. The predicted octanol–water partition coefficient (Wildman–Crippen LogP) is 1.31. The number of benzene rings is 2. The van der Waals surface area contributed by atoms with Crippen LogP contribution in [-0.4, -0.2) is 41.6 Å². The first kappa shape index (κ1) is 19.8. The standard InChI is InChI=1S/C19H28N4O3/c1-13(26)19-16(17(20)6-7-18(19)21)12-22-14-2-4-15(5-3-14)23(8-10-24)9-11-25/h2-7,13,22,24-26H,8-12,20-21H2,1H3. The maximum atomic E-state index is 10.00. The fourth-order valence-corrected chi connectivity index (χ4v) is 2.98.